The van der Waals surface area contributed by atoms with Crippen LogP contribution in [0.5, 0.6) is 0 Å². The molecule has 0 spiro atoms. The lowest BCUT2D eigenvalue weighted by atomic mass is 9.82. The standard InChI is InChI=1S/C49H30N2/c1-3-13-31(14-4-1)45-38-19-7-8-20-39(38)46(32-15-5-2-6-16-32)49-41-26-25-35(37-21-11-22-40(47(37)41)48(45)49)33-24-27-44-42(29-33)36-18-9-10-23-43(36)51(44)34-17-12-28-50-30-34/h1-30H. The molecule has 0 fully saturated rings. The Labute approximate surface area is 295 Å². The van der Waals surface area contributed by atoms with E-state index in [0.717, 1.165) is 5.69 Å². The second-order valence-corrected chi connectivity index (χ2v) is 13.5. The van der Waals surface area contributed by atoms with Crippen molar-refractivity contribution in [2.45, 2.75) is 0 Å². The highest BCUT2D eigenvalue weighted by molar-refractivity contribution is 6.29. The predicted molar refractivity (Wildman–Crippen MR) is 214 cm³/mol. The minimum Gasteiger partial charge on any atom is -0.308 e. The lowest BCUT2D eigenvalue weighted by Gasteiger charge is -2.20. The fraction of sp³-hybridized carbons (Fsp3) is 0. The van der Waals surface area contributed by atoms with E-state index in [1.807, 2.05) is 18.5 Å². The topological polar surface area (TPSA) is 17.8 Å². The van der Waals surface area contributed by atoms with Crippen LogP contribution in [0.1, 0.15) is 0 Å². The fourth-order valence-electron chi connectivity index (χ4n) is 8.77. The van der Waals surface area contributed by atoms with Crippen molar-refractivity contribution in [3.8, 4) is 61.3 Å². The highest BCUT2D eigenvalue weighted by atomic mass is 15.0. The van der Waals surface area contributed by atoms with E-state index < -0.39 is 0 Å². The number of benzene rings is 8. The summed E-state index contributed by atoms with van der Waals surface area (Å²) in [7, 11) is 0. The summed E-state index contributed by atoms with van der Waals surface area (Å²) < 4.78 is 2.33. The van der Waals surface area contributed by atoms with Crippen molar-refractivity contribution in [3.05, 3.63) is 182 Å². The van der Waals surface area contributed by atoms with Crippen molar-refractivity contribution in [1.82, 2.24) is 9.55 Å². The second kappa shape index (κ2) is 10.9. The number of aromatic nitrogens is 2. The number of nitrogens with zero attached hydrogens (tertiary/aromatic N) is 2. The zero-order valence-corrected chi connectivity index (χ0v) is 27.7. The molecule has 2 heteroatoms. The van der Waals surface area contributed by atoms with Crippen molar-refractivity contribution in [3.63, 3.8) is 0 Å². The van der Waals surface area contributed by atoms with Gasteiger partial charge in [0.25, 0.3) is 0 Å². The van der Waals surface area contributed by atoms with Gasteiger partial charge in [0.1, 0.15) is 0 Å². The highest BCUT2D eigenvalue weighted by Crippen LogP contribution is 2.58. The third-order valence-corrected chi connectivity index (χ3v) is 10.8. The molecule has 0 saturated heterocycles. The first-order valence-corrected chi connectivity index (χ1v) is 17.6. The zero-order chi connectivity index (χ0) is 33.5. The summed E-state index contributed by atoms with van der Waals surface area (Å²) in [5.74, 6) is 0. The van der Waals surface area contributed by atoms with Gasteiger partial charge in [-0.15, -0.1) is 0 Å². The number of fused-ring (bicyclic) bond motifs is 7. The minimum absolute atomic E-state index is 1.07. The van der Waals surface area contributed by atoms with E-state index in [0.29, 0.717) is 0 Å². The summed E-state index contributed by atoms with van der Waals surface area (Å²) in [4.78, 5) is 4.44. The maximum Gasteiger partial charge on any atom is 0.0645 e. The van der Waals surface area contributed by atoms with Crippen LogP contribution >= 0.6 is 0 Å². The molecule has 0 aliphatic heterocycles. The Morgan fingerprint density at radius 3 is 1.63 bits per heavy atom. The first-order valence-electron chi connectivity index (χ1n) is 17.6. The van der Waals surface area contributed by atoms with Gasteiger partial charge in [0.05, 0.1) is 22.9 Å². The van der Waals surface area contributed by atoms with Crippen LogP contribution in [0.25, 0.3) is 105 Å². The van der Waals surface area contributed by atoms with Crippen molar-refractivity contribution >= 4 is 43.4 Å². The van der Waals surface area contributed by atoms with Gasteiger partial charge in [-0.25, -0.2) is 0 Å². The molecule has 0 N–H and O–H groups in total. The normalized spacial score (nSPS) is 11.9. The summed E-state index contributed by atoms with van der Waals surface area (Å²) in [5, 5.41) is 7.64. The molecule has 51 heavy (non-hydrogen) atoms. The largest absolute Gasteiger partial charge is 0.308 e. The van der Waals surface area contributed by atoms with Gasteiger partial charge in [-0.05, 0) is 108 Å². The summed E-state index contributed by atoms with van der Waals surface area (Å²) >= 11 is 0. The van der Waals surface area contributed by atoms with Crippen LogP contribution in [0.3, 0.4) is 0 Å². The molecule has 236 valence electrons. The van der Waals surface area contributed by atoms with Crippen molar-refractivity contribution in [1.29, 1.82) is 0 Å². The molecule has 0 saturated carbocycles. The third-order valence-electron chi connectivity index (χ3n) is 10.8. The molecule has 0 atom stereocenters. The third kappa shape index (κ3) is 4.02. The van der Waals surface area contributed by atoms with Crippen LogP contribution in [-0.2, 0) is 0 Å². The molecule has 0 bridgehead atoms. The summed E-state index contributed by atoms with van der Waals surface area (Å²) in [5.41, 5.74) is 16.2. The molecule has 2 aromatic heterocycles. The average molecular weight is 647 g/mol. The smallest absolute Gasteiger partial charge is 0.0645 e. The number of para-hydroxylation sites is 1. The molecule has 1 aliphatic rings. The van der Waals surface area contributed by atoms with E-state index in [1.54, 1.807) is 0 Å². The van der Waals surface area contributed by atoms with E-state index in [2.05, 4.69) is 173 Å². The number of rotatable bonds is 4. The average Bonchev–Trinajstić information content (AvgIpc) is 3.71. The quantitative estimate of drug-likeness (QED) is 0.186. The fourth-order valence-corrected chi connectivity index (χ4v) is 8.77. The molecule has 2 nitrogen and oxygen atoms in total. The van der Waals surface area contributed by atoms with Crippen molar-refractivity contribution in [2.24, 2.45) is 0 Å². The predicted octanol–water partition coefficient (Wildman–Crippen LogP) is 13.1. The highest BCUT2D eigenvalue weighted by Gasteiger charge is 2.31. The van der Waals surface area contributed by atoms with E-state index in [9.17, 15) is 0 Å². The molecule has 2 heterocycles. The molecule has 0 radical (unpaired) electrons. The van der Waals surface area contributed by atoms with Crippen LogP contribution in [0, 0.1) is 0 Å². The second-order valence-electron chi connectivity index (χ2n) is 13.5. The maximum atomic E-state index is 4.44. The van der Waals surface area contributed by atoms with Crippen LogP contribution < -0.4 is 0 Å². The first-order chi connectivity index (χ1) is 25.3. The van der Waals surface area contributed by atoms with Crippen molar-refractivity contribution in [2.75, 3.05) is 0 Å². The Balaban J connectivity index is 1.21. The van der Waals surface area contributed by atoms with Crippen LogP contribution in [0.2, 0.25) is 0 Å². The van der Waals surface area contributed by atoms with E-state index in [1.165, 1.54) is 99.0 Å². The first kappa shape index (κ1) is 28.1. The molecular formula is C49H30N2. The van der Waals surface area contributed by atoms with Gasteiger partial charge < -0.3 is 4.57 Å². The monoisotopic (exact) mass is 646 g/mol. The van der Waals surface area contributed by atoms with E-state index >= 15 is 0 Å². The van der Waals surface area contributed by atoms with Crippen LogP contribution in [0.4, 0.5) is 0 Å². The zero-order valence-electron chi connectivity index (χ0n) is 27.7. The lowest BCUT2D eigenvalue weighted by molar-refractivity contribution is 1.14. The van der Waals surface area contributed by atoms with Crippen LogP contribution in [-0.4, -0.2) is 9.55 Å². The van der Waals surface area contributed by atoms with Gasteiger partial charge in [0, 0.05) is 17.0 Å². The Morgan fingerprint density at radius 1 is 0.353 bits per heavy atom. The van der Waals surface area contributed by atoms with E-state index in [4.69, 9.17) is 0 Å². The van der Waals surface area contributed by atoms with Gasteiger partial charge in [-0.2, -0.15) is 0 Å². The van der Waals surface area contributed by atoms with Gasteiger partial charge in [0.2, 0.25) is 0 Å². The number of pyridine rings is 1. The molecular weight excluding hydrogens is 617 g/mol. The minimum atomic E-state index is 1.07. The Kier molecular flexibility index (Phi) is 5.99. The molecule has 1 aliphatic carbocycles. The molecule has 8 aromatic carbocycles. The lowest BCUT2D eigenvalue weighted by Crippen LogP contribution is -1.94. The molecule has 0 amide bonds. The molecule has 0 unspecified atom stereocenters. The Hall–Kier alpha value is -6.77. The molecule has 11 rings (SSSR count). The Bertz CT molecular complexity index is 2900. The number of hydrogen-bond acceptors (Lipinski definition) is 1. The number of hydrogen-bond donors (Lipinski definition) is 0. The van der Waals surface area contributed by atoms with Crippen molar-refractivity contribution < 1.29 is 0 Å². The van der Waals surface area contributed by atoms with Gasteiger partial charge in [0.15, 0.2) is 0 Å². The van der Waals surface area contributed by atoms with Gasteiger partial charge in [-0.1, -0.05) is 140 Å². The van der Waals surface area contributed by atoms with Crippen LogP contribution in [0.15, 0.2) is 182 Å². The SMILES string of the molecule is c1ccc(-c2c3c(c(-c4ccccc4)c4ccccc24)-c2ccc(-c4ccc5c(c4)c4ccccc4n5-c4cccnc4)c4cccc-3c24)cc1. The summed E-state index contributed by atoms with van der Waals surface area (Å²) in [6.07, 6.45) is 3.77. The van der Waals surface area contributed by atoms with Gasteiger partial charge in [-0.3, -0.25) is 4.98 Å². The Morgan fingerprint density at radius 2 is 0.941 bits per heavy atom. The van der Waals surface area contributed by atoms with Gasteiger partial charge >= 0.3 is 0 Å². The molecule has 10 aromatic rings. The maximum absolute atomic E-state index is 4.44. The summed E-state index contributed by atoms with van der Waals surface area (Å²) in [6.45, 7) is 0. The summed E-state index contributed by atoms with van der Waals surface area (Å²) in [6, 6.07) is 62.3. The van der Waals surface area contributed by atoms with E-state index in [-0.39, 0.29) is 0 Å².